The van der Waals surface area contributed by atoms with Crippen molar-refractivity contribution < 1.29 is 14.7 Å². The van der Waals surface area contributed by atoms with E-state index >= 15 is 0 Å². The highest BCUT2D eigenvalue weighted by Crippen LogP contribution is 2.11. The highest BCUT2D eigenvalue weighted by molar-refractivity contribution is 5.99. The lowest BCUT2D eigenvalue weighted by Gasteiger charge is -2.08. The number of aromatic nitrogens is 1. The van der Waals surface area contributed by atoms with Gasteiger partial charge < -0.3 is 15.7 Å². The summed E-state index contributed by atoms with van der Waals surface area (Å²) in [5.74, 6) is -0.944. The number of amides is 2. The second-order valence-corrected chi connectivity index (χ2v) is 4.55. The second kappa shape index (κ2) is 6.51. The van der Waals surface area contributed by atoms with E-state index in [9.17, 15) is 9.59 Å². The molecule has 1 aromatic carbocycles. The van der Waals surface area contributed by atoms with Crippen molar-refractivity contribution in [3.05, 3.63) is 53.9 Å². The summed E-state index contributed by atoms with van der Waals surface area (Å²) in [5.41, 5.74) is 2.73. The minimum atomic E-state index is -0.944. The number of carboxylic acid groups (broad SMARTS) is 1. The van der Waals surface area contributed by atoms with Gasteiger partial charge in [0.05, 0.1) is 24.0 Å². The third kappa shape index (κ3) is 4.61. The van der Waals surface area contributed by atoms with Crippen LogP contribution in [0.15, 0.2) is 42.6 Å². The van der Waals surface area contributed by atoms with E-state index in [1.165, 1.54) is 6.20 Å². The summed E-state index contributed by atoms with van der Waals surface area (Å²) >= 11 is 0. The number of benzene rings is 1. The van der Waals surface area contributed by atoms with Crippen LogP contribution < -0.4 is 10.6 Å². The fraction of sp³-hybridized carbons (Fsp3) is 0.133. The van der Waals surface area contributed by atoms with Crippen molar-refractivity contribution in [1.29, 1.82) is 0 Å². The van der Waals surface area contributed by atoms with Crippen molar-refractivity contribution in [1.82, 2.24) is 4.98 Å². The molecule has 2 aromatic rings. The Labute approximate surface area is 121 Å². The molecule has 108 valence electrons. The van der Waals surface area contributed by atoms with Gasteiger partial charge >= 0.3 is 12.0 Å². The van der Waals surface area contributed by atoms with Gasteiger partial charge in [0.25, 0.3) is 0 Å². The fourth-order valence-electron chi connectivity index (χ4n) is 1.69. The molecule has 0 bridgehead atoms. The topological polar surface area (TPSA) is 91.3 Å². The van der Waals surface area contributed by atoms with Crippen molar-refractivity contribution in [2.24, 2.45) is 0 Å². The number of anilines is 2. The van der Waals surface area contributed by atoms with E-state index in [0.29, 0.717) is 17.1 Å². The summed E-state index contributed by atoms with van der Waals surface area (Å²) in [7, 11) is 0. The first-order valence-electron chi connectivity index (χ1n) is 6.34. The Hall–Kier alpha value is -2.89. The van der Waals surface area contributed by atoms with E-state index < -0.39 is 5.97 Å². The van der Waals surface area contributed by atoms with Crippen molar-refractivity contribution >= 4 is 23.4 Å². The molecule has 3 N–H and O–H groups in total. The first-order chi connectivity index (χ1) is 10.0. The molecule has 0 aliphatic rings. The van der Waals surface area contributed by atoms with Gasteiger partial charge in [-0.1, -0.05) is 17.7 Å². The number of hydrogen-bond acceptors (Lipinski definition) is 3. The highest BCUT2D eigenvalue weighted by Gasteiger charge is 2.05. The molecule has 2 amide bonds. The van der Waals surface area contributed by atoms with Crippen LogP contribution in [0.2, 0.25) is 0 Å². The SMILES string of the molecule is Cc1ccc(NC(=O)Nc2ccc(CC(=O)O)nc2)cc1. The number of carbonyl (C=O) groups excluding carboxylic acids is 1. The lowest BCUT2D eigenvalue weighted by atomic mass is 10.2. The average Bonchev–Trinajstić information content (AvgIpc) is 2.43. The molecular formula is C15H15N3O3. The maximum Gasteiger partial charge on any atom is 0.323 e. The van der Waals surface area contributed by atoms with Crippen LogP contribution in [0.5, 0.6) is 0 Å². The van der Waals surface area contributed by atoms with Crippen LogP contribution in [0.1, 0.15) is 11.3 Å². The monoisotopic (exact) mass is 285 g/mol. The Bertz CT molecular complexity index is 636. The van der Waals surface area contributed by atoms with Crippen molar-refractivity contribution in [3.8, 4) is 0 Å². The molecule has 21 heavy (non-hydrogen) atoms. The zero-order chi connectivity index (χ0) is 15.2. The molecule has 0 saturated heterocycles. The molecule has 0 atom stereocenters. The summed E-state index contributed by atoms with van der Waals surface area (Å²) in [6.07, 6.45) is 1.28. The minimum absolute atomic E-state index is 0.143. The van der Waals surface area contributed by atoms with E-state index in [1.54, 1.807) is 12.1 Å². The standard InChI is InChI=1S/C15H15N3O3/c1-10-2-4-11(5-3-10)17-15(21)18-13-7-6-12(16-9-13)8-14(19)20/h2-7,9H,8H2,1H3,(H,19,20)(H2,17,18,21). The number of urea groups is 1. The fourth-order valence-corrected chi connectivity index (χ4v) is 1.69. The number of pyridine rings is 1. The van der Waals surface area contributed by atoms with E-state index in [1.807, 2.05) is 31.2 Å². The summed E-state index contributed by atoms with van der Waals surface area (Å²) in [5, 5.41) is 14.0. The van der Waals surface area contributed by atoms with E-state index in [2.05, 4.69) is 15.6 Å². The number of carbonyl (C=O) groups is 2. The molecule has 0 fully saturated rings. The Balaban J connectivity index is 1.93. The number of nitrogens with zero attached hydrogens (tertiary/aromatic N) is 1. The van der Waals surface area contributed by atoms with Gasteiger partial charge in [0.2, 0.25) is 0 Å². The number of aliphatic carboxylic acids is 1. The van der Waals surface area contributed by atoms with Gasteiger partial charge in [0, 0.05) is 5.69 Å². The number of nitrogens with one attached hydrogen (secondary N) is 2. The van der Waals surface area contributed by atoms with Gasteiger partial charge in [0.1, 0.15) is 0 Å². The summed E-state index contributed by atoms with van der Waals surface area (Å²) in [6, 6.07) is 10.2. The first-order valence-corrected chi connectivity index (χ1v) is 6.34. The molecule has 2 rings (SSSR count). The molecule has 1 aromatic heterocycles. The Morgan fingerprint density at radius 2 is 1.67 bits per heavy atom. The van der Waals surface area contributed by atoms with Crippen LogP contribution >= 0.6 is 0 Å². The molecule has 6 heteroatoms. The number of aryl methyl sites for hydroxylation is 1. The van der Waals surface area contributed by atoms with Gasteiger partial charge in [-0.15, -0.1) is 0 Å². The largest absolute Gasteiger partial charge is 0.481 e. The summed E-state index contributed by atoms with van der Waals surface area (Å²) in [4.78, 5) is 26.3. The van der Waals surface area contributed by atoms with Crippen molar-refractivity contribution in [2.45, 2.75) is 13.3 Å². The van der Waals surface area contributed by atoms with E-state index in [0.717, 1.165) is 5.56 Å². The maximum absolute atomic E-state index is 11.8. The highest BCUT2D eigenvalue weighted by atomic mass is 16.4. The zero-order valence-electron chi connectivity index (χ0n) is 11.5. The van der Waals surface area contributed by atoms with Crippen LogP contribution in [-0.4, -0.2) is 22.1 Å². The molecular weight excluding hydrogens is 270 g/mol. The van der Waals surface area contributed by atoms with Crippen LogP contribution in [0, 0.1) is 6.92 Å². The van der Waals surface area contributed by atoms with Crippen LogP contribution in [0.25, 0.3) is 0 Å². The Kier molecular flexibility index (Phi) is 4.50. The van der Waals surface area contributed by atoms with Gasteiger partial charge in [-0.05, 0) is 31.2 Å². The lowest BCUT2D eigenvalue weighted by molar-refractivity contribution is -0.136. The normalized spacial score (nSPS) is 9.95. The van der Waals surface area contributed by atoms with Crippen molar-refractivity contribution in [2.75, 3.05) is 10.6 Å². The molecule has 1 heterocycles. The molecule has 0 aliphatic heterocycles. The quantitative estimate of drug-likeness (QED) is 0.805. The van der Waals surface area contributed by atoms with E-state index in [-0.39, 0.29) is 12.5 Å². The molecule has 6 nitrogen and oxygen atoms in total. The molecule has 0 unspecified atom stereocenters. The summed E-state index contributed by atoms with van der Waals surface area (Å²) < 4.78 is 0. The minimum Gasteiger partial charge on any atom is -0.481 e. The van der Waals surface area contributed by atoms with E-state index in [4.69, 9.17) is 5.11 Å². The third-order valence-electron chi connectivity index (χ3n) is 2.72. The van der Waals surface area contributed by atoms with Crippen LogP contribution in [0.3, 0.4) is 0 Å². The Morgan fingerprint density at radius 3 is 2.24 bits per heavy atom. The average molecular weight is 285 g/mol. The molecule has 0 saturated carbocycles. The second-order valence-electron chi connectivity index (χ2n) is 4.55. The lowest BCUT2D eigenvalue weighted by Crippen LogP contribution is -2.19. The van der Waals surface area contributed by atoms with Gasteiger partial charge in [-0.3, -0.25) is 9.78 Å². The zero-order valence-corrected chi connectivity index (χ0v) is 11.5. The van der Waals surface area contributed by atoms with Crippen LogP contribution in [-0.2, 0) is 11.2 Å². The maximum atomic E-state index is 11.8. The number of rotatable bonds is 4. The smallest absolute Gasteiger partial charge is 0.323 e. The van der Waals surface area contributed by atoms with Crippen molar-refractivity contribution in [3.63, 3.8) is 0 Å². The first kappa shape index (κ1) is 14.5. The molecule has 0 aliphatic carbocycles. The van der Waals surface area contributed by atoms with Gasteiger partial charge in [0.15, 0.2) is 0 Å². The van der Waals surface area contributed by atoms with Crippen LogP contribution in [0.4, 0.5) is 16.2 Å². The molecule has 0 radical (unpaired) electrons. The van der Waals surface area contributed by atoms with Gasteiger partial charge in [-0.2, -0.15) is 0 Å². The Morgan fingerprint density at radius 1 is 1.05 bits per heavy atom. The number of hydrogen-bond donors (Lipinski definition) is 3. The third-order valence-corrected chi connectivity index (χ3v) is 2.72. The predicted molar refractivity (Wildman–Crippen MR) is 79.4 cm³/mol. The summed E-state index contributed by atoms with van der Waals surface area (Å²) in [6.45, 7) is 1.97. The van der Waals surface area contributed by atoms with Gasteiger partial charge in [-0.25, -0.2) is 4.79 Å². The molecule has 0 spiro atoms. The predicted octanol–water partition coefficient (Wildman–Crippen LogP) is 2.66. The number of carboxylic acids is 1.